The number of benzene rings is 1. The summed E-state index contributed by atoms with van der Waals surface area (Å²) in [6, 6.07) is 9.01. The molecule has 0 aliphatic carbocycles. The van der Waals surface area contributed by atoms with E-state index in [1.54, 1.807) is 17.0 Å². The second-order valence-electron chi connectivity index (χ2n) is 7.54. The van der Waals surface area contributed by atoms with Gasteiger partial charge in [-0.15, -0.1) is 0 Å². The highest BCUT2D eigenvalue weighted by atomic mass is 19.1. The third-order valence-corrected chi connectivity index (χ3v) is 5.45. The van der Waals surface area contributed by atoms with Gasteiger partial charge in [-0.2, -0.15) is 0 Å². The van der Waals surface area contributed by atoms with Crippen molar-refractivity contribution in [2.45, 2.75) is 19.4 Å². The van der Waals surface area contributed by atoms with Crippen molar-refractivity contribution in [3.05, 3.63) is 53.7 Å². The Morgan fingerprint density at radius 2 is 1.80 bits per heavy atom. The summed E-state index contributed by atoms with van der Waals surface area (Å²) in [6.45, 7) is 3.49. The van der Waals surface area contributed by atoms with Gasteiger partial charge in [0.25, 0.3) is 5.91 Å². The summed E-state index contributed by atoms with van der Waals surface area (Å²) < 4.78 is 29.5. The molecule has 7 nitrogen and oxygen atoms in total. The van der Waals surface area contributed by atoms with Crippen LogP contribution in [-0.4, -0.2) is 61.0 Å². The Morgan fingerprint density at radius 1 is 1.03 bits per heavy atom. The van der Waals surface area contributed by atoms with Crippen LogP contribution in [0.25, 0.3) is 0 Å². The number of rotatable bonds is 5. The van der Waals surface area contributed by atoms with Crippen LogP contribution in [0.2, 0.25) is 0 Å². The van der Waals surface area contributed by atoms with Crippen LogP contribution in [0.5, 0.6) is 5.75 Å². The molecular weight excluding hydrogens is 391 g/mol. The molecule has 0 saturated carbocycles. The molecule has 2 aromatic rings. The van der Waals surface area contributed by atoms with Gasteiger partial charge in [0.15, 0.2) is 5.76 Å². The Balaban J connectivity index is 1.33. The lowest BCUT2D eigenvalue weighted by Crippen LogP contribution is -2.49. The van der Waals surface area contributed by atoms with Crippen LogP contribution in [0.15, 0.2) is 40.8 Å². The number of piperidine rings is 1. The smallest absolute Gasteiger partial charge is 0.289 e. The van der Waals surface area contributed by atoms with E-state index in [1.165, 1.54) is 24.3 Å². The molecule has 2 aliphatic rings. The van der Waals surface area contributed by atoms with Crippen molar-refractivity contribution in [1.82, 2.24) is 9.80 Å². The topological polar surface area (TPSA) is 72.2 Å². The quantitative estimate of drug-likeness (QED) is 0.750. The normalized spacial score (nSPS) is 19.6. The molecule has 1 unspecified atom stereocenters. The summed E-state index contributed by atoms with van der Waals surface area (Å²) in [5.41, 5.74) is 0. The Bertz CT molecular complexity index is 876. The van der Waals surface area contributed by atoms with Crippen LogP contribution in [0.3, 0.4) is 0 Å². The van der Waals surface area contributed by atoms with Gasteiger partial charge in [-0.1, -0.05) is 0 Å². The Hall–Kier alpha value is -2.87. The lowest BCUT2D eigenvalue weighted by atomic mass is 9.96. The molecule has 8 heteroatoms. The van der Waals surface area contributed by atoms with Gasteiger partial charge in [-0.3, -0.25) is 9.59 Å². The van der Waals surface area contributed by atoms with Crippen LogP contribution in [-0.2, 0) is 16.1 Å². The summed E-state index contributed by atoms with van der Waals surface area (Å²) >= 11 is 0. The maximum absolute atomic E-state index is 13.0. The molecular formula is C22H25FN2O5. The van der Waals surface area contributed by atoms with Crippen molar-refractivity contribution in [1.29, 1.82) is 0 Å². The van der Waals surface area contributed by atoms with Crippen molar-refractivity contribution in [3.63, 3.8) is 0 Å². The number of carbonyl (C=O) groups is 2. The number of halogens is 1. The number of carbonyl (C=O) groups excluding carboxylic acids is 2. The van der Waals surface area contributed by atoms with E-state index in [9.17, 15) is 14.0 Å². The van der Waals surface area contributed by atoms with Gasteiger partial charge >= 0.3 is 0 Å². The SMILES string of the molecule is O=C(c1ccc(COc2ccc(F)cc2)o1)N1CCCC(C(=O)N2CCOCC2)C1. The maximum Gasteiger partial charge on any atom is 0.289 e. The van der Waals surface area contributed by atoms with E-state index in [1.807, 2.05) is 4.90 Å². The summed E-state index contributed by atoms with van der Waals surface area (Å²) in [6.07, 6.45) is 1.57. The third kappa shape index (κ3) is 4.81. The van der Waals surface area contributed by atoms with Gasteiger partial charge in [0.05, 0.1) is 19.1 Å². The van der Waals surface area contributed by atoms with Gasteiger partial charge < -0.3 is 23.7 Å². The molecule has 0 bridgehead atoms. The first-order valence-electron chi connectivity index (χ1n) is 10.2. The van der Waals surface area contributed by atoms with Crippen molar-refractivity contribution in [2.24, 2.45) is 5.92 Å². The fourth-order valence-electron chi connectivity index (χ4n) is 3.82. The molecule has 4 rings (SSSR count). The van der Waals surface area contributed by atoms with E-state index < -0.39 is 0 Å². The van der Waals surface area contributed by atoms with Crippen LogP contribution in [0.4, 0.5) is 4.39 Å². The monoisotopic (exact) mass is 416 g/mol. The van der Waals surface area contributed by atoms with Gasteiger partial charge in [0, 0.05) is 26.2 Å². The second kappa shape index (κ2) is 9.30. The van der Waals surface area contributed by atoms with Crippen LogP contribution in [0, 0.1) is 11.7 Å². The molecule has 0 spiro atoms. The molecule has 1 aromatic carbocycles. The lowest BCUT2D eigenvalue weighted by molar-refractivity contribution is -0.141. The minimum atomic E-state index is -0.333. The van der Waals surface area contributed by atoms with E-state index in [0.29, 0.717) is 50.9 Å². The molecule has 2 saturated heterocycles. The van der Waals surface area contributed by atoms with E-state index in [-0.39, 0.29) is 35.9 Å². The molecule has 30 heavy (non-hydrogen) atoms. The molecule has 160 valence electrons. The predicted molar refractivity (Wildman–Crippen MR) is 105 cm³/mol. The molecule has 1 aromatic heterocycles. The highest BCUT2D eigenvalue weighted by Crippen LogP contribution is 2.22. The number of hydrogen-bond donors (Lipinski definition) is 0. The highest BCUT2D eigenvalue weighted by molar-refractivity contribution is 5.92. The Labute approximate surface area is 174 Å². The predicted octanol–water partition coefficient (Wildman–Crippen LogP) is 2.71. The first kappa shape index (κ1) is 20.4. The van der Waals surface area contributed by atoms with Crippen LogP contribution < -0.4 is 4.74 Å². The number of hydrogen-bond acceptors (Lipinski definition) is 5. The molecule has 3 heterocycles. The fourth-order valence-corrected chi connectivity index (χ4v) is 3.82. The van der Waals surface area contributed by atoms with Gasteiger partial charge in [-0.05, 0) is 49.2 Å². The number of likely N-dealkylation sites (tertiary alicyclic amines) is 1. The average Bonchev–Trinajstić information content (AvgIpc) is 3.27. The van der Waals surface area contributed by atoms with Gasteiger partial charge in [0.1, 0.15) is 23.9 Å². The summed E-state index contributed by atoms with van der Waals surface area (Å²) in [5.74, 6) is 0.609. The summed E-state index contributed by atoms with van der Waals surface area (Å²) in [4.78, 5) is 29.2. The van der Waals surface area contributed by atoms with Crippen molar-refractivity contribution in [3.8, 4) is 5.75 Å². The van der Waals surface area contributed by atoms with E-state index in [0.717, 1.165) is 12.8 Å². The number of nitrogens with zero attached hydrogens (tertiary/aromatic N) is 2. The third-order valence-electron chi connectivity index (χ3n) is 5.45. The van der Waals surface area contributed by atoms with Crippen molar-refractivity contribution < 1.29 is 27.9 Å². The second-order valence-corrected chi connectivity index (χ2v) is 7.54. The zero-order chi connectivity index (χ0) is 20.9. The number of amides is 2. The number of furan rings is 1. The van der Waals surface area contributed by atoms with E-state index >= 15 is 0 Å². The average molecular weight is 416 g/mol. The minimum absolute atomic E-state index is 0.101. The van der Waals surface area contributed by atoms with Crippen molar-refractivity contribution in [2.75, 3.05) is 39.4 Å². The van der Waals surface area contributed by atoms with E-state index in [2.05, 4.69) is 0 Å². The molecule has 2 amide bonds. The molecule has 0 N–H and O–H groups in total. The zero-order valence-electron chi connectivity index (χ0n) is 16.7. The standard InChI is InChI=1S/C22H25FN2O5/c23-17-3-5-18(6-4-17)29-15-19-7-8-20(30-19)22(27)25-9-1-2-16(14-25)21(26)24-10-12-28-13-11-24/h3-8,16H,1-2,9-15H2. The first-order chi connectivity index (χ1) is 14.6. The molecule has 2 aliphatic heterocycles. The zero-order valence-corrected chi connectivity index (χ0v) is 16.7. The minimum Gasteiger partial charge on any atom is -0.486 e. The molecule has 2 fully saturated rings. The summed E-state index contributed by atoms with van der Waals surface area (Å²) in [7, 11) is 0. The highest BCUT2D eigenvalue weighted by Gasteiger charge is 2.33. The van der Waals surface area contributed by atoms with Crippen LogP contribution in [0.1, 0.15) is 29.2 Å². The van der Waals surface area contributed by atoms with Gasteiger partial charge in [-0.25, -0.2) is 4.39 Å². The Kier molecular flexibility index (Phi) is 6.32. The van der Waals surface area contributed by atoms with Crippen molar-refractivity contribution >= 4 is 11.8 Å². The Morgan fingerprint density at radius 3 is 2.57 bits per heavy atom. The largest absolute Gasteiger partial charge is 0.486 e. The maximum atomic E-state index is 13.0. The van der Waals surface area contributed by atoms with E-state index in [4.69, 9.17) is 13.9 Å². The number of morpholine rings is 1. The summed E-state index contributed by atoms with van der Waals surface area (Å²) in [5, 5.41) is 0. The van der Waals surface area contributed by atoms with Gasteiger partial charge in [0.2, 0.25) is 5.91 Å². The first-order valence-corrected chi connectivity index (χ1v) is 10.2. The van der Waals surface area contributed by atoms with Crippen LogP contribution >= 0.6 is 0 Å². The molecule has 0 radical (unpaired) electrons. The lowest BCUT2D eigenvalue weighted by Gasteiger charge is -2.35. The fraction of sp³-hybridized carbons (Fsp3) is 0.455. The molecule has 1 atom stereocenters. The number of ether oxygens (including phenoxy) is 2.